The minimum Gasteiger partial charge on any atom is -0.464 e. The van der Waals surface area contributed by atoms with Crippen LogP contribution in [0, 0.1) is 0 Å². The van der Waals surface area contributed by atoms with E-state index in [0.717, 1.165) is 0 Å². The van der Waals surface area contributed by atoms with Crippen molar-refractivity contribution in [3.63, 3.8) is 0 Å². The fraction of sp³-hybridized carbons (Fsp3) is 0.857. The smallest absolute Gasteiger partial charge is 0.343 e. The van der Waals surface area contributed by atoms with E-state index >= 15 is 0 Å². The fourth-order valence-corrected chi connectivity index (χ4v) is 0.426. The van der Waals surface area contributed by atoms with E-state index in [1.165, 1.54) is 6.92 Å². The highest BCUT2D eigenvalue weighted by Gasteiger charge is 2.31. The van der Waals surface area contributed by atoms with Crippen LogP contribution in [0.25, 0.3) is 0 Å². The molecule has 0 aliphatic carbocycles. The maximum absolute atomic E-state index is 12.9. The number of carbonyl (C=O) groups is 1. The van der Waals surface area contributed by atoms with E-state index in [1.807, 2.05) is 0 Å². The average molecular weight is 148 g/mol. The van der Waals surface area contributed by atoms with E-state index in [9.17, 15) is 9.18 Å². The normalized spacial score (nSPS) is 16.0. The van der Waals surface area contributed by atoms with Crippen LogP contribution in [0.4, 0.5) is 4.39 Å². The maximum atomic E-state index is 12.9. The second-order valence-electron chi connectivity index (χ2n) is 2.27. The highest BCUT2D eigenvalue weighted by atomic mass is 19.1. The highest BCUT2D eigenvalue weighted by Crippen LogP contribution is 2.16. The first kappa shape index (κ1) is 9.40. The molecule has 0 rings (SSSR count). The number of hydrogen-bond acceptors (Lipinski definition) is 2. The summed E-state index contributed by atoms with van der Waals surface area (Å²) in [6.07, 6.45) is 0.159. The van der Waals surface area contributed by atoms with Gasteiger partial charge in [-0.05, 0) is 20.3 Å². The standard InChI is InChI=1S/C7H13FO2/c1-4-7(3,8)6(9)10-5-2/h4-5H2,1-3H3/t7-/m0/s1. The summed E-state index contributed by atoms with van der Waals surface area (Å²) < 4.78 is 17.4. The van der Waals surface area contributed by atoms with Gasteiger partial charge in [0, 0.05) is 0 Å². The molecule has 0 N–H and O–H groups in total. The Hall–Kier alpha value is -0.600. The minimum atomic E-state index is -1.81. The Morgan fingerprint density at radius 3 is 2.40 bits per heavy atom. The van der Waals surface area contributed by atoms with Crippen LogP contribution >= 0.6 is 0 Å². The van der Waals surface area contributed by atoms with E-state index in [-0.39, 0.29) is 13.0 Å². The van der Waals surface area contributed by atoms with Gasteiger partial charge in [-0.25, -0.2) is 9.18 Å². The zero-order chi connectivity index (χ0) is 8.20. The fourth-order valence-electron chi connectivity index (χ4n) is 0.426. The third-order valence-corrected chi connectivity index (χ3v) is 1.37. The number of hydrogen-bond donors (Lipinski definition) is 0. The van der Waals surface area contributed by atoms with Gasteiger partial charge < -0.3 is 4.74 Å². The van der Waals surface area contributed by atoms with Crippen molar-refractivity contribution in [1.82, 2.24) is 0 Å². The molecule has 0 aliphatic rings. The molecule has 0 spiro atoms. The summed E-state index contributed by atoms with van der Waals surface area (Å²) >= 11 is 0. The lowest BCUT2D eigenvalue weighted by Crippen LogP contribution is -2.31. The third kappa shape index (κ3) is 2.33. The van der Waals surface area contributed by atoms with E-state index in [0.29, 0.717) is 0 Å². The van der Waals surface area contributed by atoms with Crippen LogP contribution in [-0.4, -0.2) is 18.2 Å². The molecule has 0 heterocycles. The molecule has 1 atom stereocenters. The van der Waals surface area contributed by atoms with Crippen LogP contribution in [0.15, 0.2) is 0 Å². The molecule has 0 bridgehead atoms. The third-order valence-electron chi connectivity index (χ3n) is 1.37. The van der Waals surface area contributed by atoms with Crippen molar-refractivity contribution in [2.75, 3.05) is 6.61 Å². The number of halogens is 1. The van der Waals surface area contributed by atoms with Crippen LogP contribution in [-0.2, 0) is 9.53 Å². The Balaban J connectivity index is 3.91. The maximum Gasteiger partial charge on any atom is 0.343 e. The lowest BCUT2D eigenvalue weighted by molar-refractivity contribution is -0.156. The van der Waals surface area contributed by atoms with Crippen molar-refractivity contribution < 1.29 is 13.9 Å². The summed E-state index contributed by atoms with van der Waals surface area (Å²) in [5.41, 5.74) is -1.81. The van der Waals surface area contributed by atoms with Crippen molar-refractivity contribution >= 4 is 5.97 Å². The number of rotatable bonds is 3. The number of ether oxygens (including phenoxy) is 1. The van der Waals surface area contributed by atoms with Gasteiger partial charge in [0.1, 0.15) is 0 Å². The topological polar surface area (TPSA) is 26.3 Å². The Labute approximate surface area is 60.4 Å². The predicted octanol–water partition coefficient (Wildman–Crippen LogP) is 1.69. The Morgan fingerprint density at radius 1 is 1.60 bits per heavy atom. The molecule has 0 amide bonds. The summed E-state index contributed by atoms with van der Waals surface area (Å²) in [5, 5.41) is 0. The summed E-state index contributed by atoms with van der Waals surface area (Å²) in [7, 11) is 0. The van der Waals surface area contributed by atoms with Crippen LogP contribution in [0.5, 0.6) is 0 Å². The van der Waals surface area contributed by atoms with Crippen LogP contribution in [0.2, 0.25) is 0 Å². The number of esters is 1. The zero-order valence-electron chi connectivity index (χ0n) is 6.61. The van der Waals surface area contributed by atoms with Gasteiger partial charge in [0.15, 0.2) is 0 Å². The first-order chi connectivity index (χ1) is 4.54. The van der Waals surface area contributed by atoms with Gasteiger partial charge in [0.25, 0.3) is 0 Å². The molecule has 0 aromatic heterocycles. The van der Waals surface area contributed by atoms with Crippen molar-refractivity contribution in [3.05, 3.63) is 0 Å². The molecule has 10 heavy (non-hydrogen) atoms. The molecule has 60 valence electrons. The molecule has 0 unspecified atom stereocenters. The summed E-state index contributed by atoms with van der Waals surface area (Å²) in [6, 6.07) is 0. The lowest BCUT2D eigenvalue weighted by Gasteiger charge is -2.14. The zero-order valence-corrected chi connectivity index (χ0v) is 6.61. The van der Waals surface area contributed by atoms with Gasteiger partial charge in [0.2, 0.25) is 5.67 Å². The molecule has 3 heteroatoms. The van der Waals surface area contributed by atoms with E-state index in [1.54, 1.807) is 13.8 Å². The second kappa shape index (κ2) is 3.54. The predicted molar refractivity (Wildman–Crippen MR) is 36.4 cm³/mol. The lowest BCUT2D eigenvalue weighted by atomic mass is 10.1. The van der Waals surface area contributed by atoms with Crippen molar-refractivity contribution in [2.45, 2.75) is 32.9 Å². The summed E-state index contributed by atoms with van der Waals surface area (Å²) in [4.78, 5) is 10.7. The summed E-state index contributed by atoms with van der Waals surface area (Å²) in [5.74, 6) is -0.766. The Bertz CT molecular complexity index is 121. The minimum absolute atomic E-state index is 0.159. The van der Waals surface area contributed by atoms with Gasteiger partial charge in [-0.3, -0.25) is 0 Å². The average Bonchev–Trinajstić information content (AvgIpc) is 1.89. The largest absolute Gasteiger partial charge is 0.464 e. The van der Waals surface area contributed by atoms with Gasteiger partial charge in [-0.15, -0.1) is 0 Å². The van der Waals surface area contributed by atoms with Gasteiger partial charge in [-0.2, -0.15) is 0 Å². The van der Waals surface area contributed by atoms with Crippen LogP contribution in [0.3, 0.4) is 0 Å². The molecular weight excluding hydrogens is 135 g/mol. The molecule has 0 saturated carbocycles. The van der Waals surface area contributed by atoms with Crippen molar-refractivity contribution in [2.24, 2.45) is 0 Å². The van der Waals surface area contributed by atoms with Gasteiger partial charge >= 0.3 is 5.97 Å². The summed E-state index contributed by atoms with van der Waals surface area (Å²) in [6.45, 7) is 4.73. The SMILES string of the molecule is CCOC(=O)[C@@](C)(F)CC. The molecule has 0 aromatic carbocycles. The van der Waals surface area contributed by atoms with E-state index in [4.69, 9.17) is 0 Å². The highest BCUT2D eigenvalue weighted by molar-refractivity contribution is 5.78. The second-order valence-corrected chi connectivity index (χ2v) is 2.27. The van der Waals surface area contributed by atoms with Crippen molar-refractivity contribution in [1.29, 1.82) is 0 Å². The molecule has 0 saturated heterocycles. The van der Waals surface area contributed by atoms with Crippen molar-refractivity contribution in [3.8, 4) is 0 Å². The number of carbonyl (C=O) groups excluding carboxylic acids is 1. The van der Waals surface area contributed by atoms with E-state index in [2.05, 4.69) is 4.74 Å². The number of alkyl halides is 1. The monoisotopic (exact) mass is 148 g/mol. The first-order valence-corrected chi connectivity index (χ1v) is 3.40. The molecule has 2 nitrogen and oxygen atoms in total. The van der Waals surface area contributed by atoms with Gasteiger partial charge in [-0.1, -0.05) is 6.92 Å². The first-order valence-electron chi connectivity index (χ1n) is 3.40. The van der Waals surface area contributed by atoms with Gasteiger partial charge in [0.05, 0.1) is 6.61 Å². The van der Waals surface area contributed by atoms with E-state index < -0.39 is 11.6 Å². The Morgan fingerprint density at radius 2 is 2.10 bits per heavy atom. The molecule has 0 aliphatic heterocycles. The quantitative estimate of drug-likeness (QED) is 0.569. The molecule has 0 fully saturated rings. The van der Waals surface area contributed by atoms with Crippen LogP contribution < -0.4 is 0 Å². The Kier molecular flexibility index (Phi) is 3.33. The molecule has 0 radical (unpaired) electrons. The molecule has 0 aromatic rings. The molecular formula is C7H13FO2. The van der Waals surface area contributed by atoms with Crippen LogP contribution in [0.1, 0.15) is 27.2 Å².